The molecule has 0 aliphatic carbocycles. The van der Waals surface area contributed by atoms with Gasteiger partial charge in [-0.2, -0.15) is 0 Å². The molecular formula is C16H23NO2. The average molecular weight is 261 g/mol. The maximum absolute atomic E-state index is 11.5. The number of carbonyl (C=O) groups excluding carboxylic acids is 2. The van der Waals surface area contributed by atoms with Crippen molar-refractivity contribution < 1.29 is 9.59 Å². The van der Waals surface area contributed by atoms with Gasteiger partial charge in [0, 0.05) is 19.4 Å². The van der Waals surface area contributed by atoms with Crippen molar-refractivity contribution in [1.29, 1.82) is 0 Å². The molecule has 19 heavy (non-hydrogen) atoms. The van der Waals surface area contributed by atoms with Crippen LogP contribution in [-0.2, 0) is 16.1 Å². The molecule has 0 spiro atoms. The molecule has 1 N–H and O–H groups in total. The van der Waals surface area contributed by atoms with Gasteiger partial charge in [-0.25, -0.2) is 0 Å². The first-order chi connectivity index (χ1) is 9.02. The predicted molar refractivity (Wildman–Crippen MR) is 76.9 cm³/mol. The lowest BCUT2D eigenvalue weighted by Gasteiger charge is -2.10. The highest BCUT2D eigenvalue weighted by Gasteiger charge is 2.05. The molecule has 3 nitrogen and oxygen atoms in total. The number of nitrogens with one attached hydrogen (secondary N) is 1. The van der Waals surface area contributed by atoms with Crippen molar-refractivity contribution in [2.24, 2.45) is 0 Å². The molecule has 0 radical (unpaired) electrons. The lowest BCUT2D eigenvalue weighted by Crippen LogP contribution is -2.22. The van der Waals surface area contributed by atoms with Gasteiger partial charge < -0.3 is 10.1 Å². The molecule has 0 saturated carbocycles. The maximum atomic E-state index is 11.5. The van der Waals surface area contributed by atoms with Crippen molar-refractivity contribution in [3.05, 3.63) is 35.4 Å². The van der Waals surface area contributed by atoms with E-state index in [-0.39, 0.29) is 18.1 Å². The summed E-state index contributed by atoms with van der Waals surface area (Å²) in [5, 5.41) is 2.83. The van der Waals surface area contributed by atoms with Gasteiger partial charge >= 0.3 is 0 Å². The summed E-state index contributed by atoms with van der Waals surface area (Å²) in [6.07, 6.45) is 1.72. The van der Waals surface area contributed by atoms with Gasteiger partial charge in [0.15, 0.2) is 0 Å². The first-order valence-corrected chi connectivity index (χ1v) is 6.88. The molecule has 1 aromatic rings. The van der Waals surface area contributed by atoms with Gasteiger partial charge in [0.25, 0.3) is 0 Å². The van der Waals surface area contributed by atoms with Crippen LogP contribution in [0.2, 0.25) is 0 Å². The summed E-state index contributed by atoms with van der Waals surface area (Å²) >= 11 is 0. The normalized spacial score (nSPS) is 11.9. The van der Waals surface area contributed by atoms with Gasteiger partial charge in [0.1, 0.15) is 5.78 Å². The maximum Gasteiger partial charge on any atom is 0.220 e. The SMILES string of the molecule is CCC(C)c1ccc(CNC(=O)CCC(C)=O)cc1. The zero-order valence-electron chi connectivity index (χ0n) is 12.0. The number of benzene rings is 1. The zero-order chi connectivity index (χ0) is 14.3. The minimum atomic E-state index is -0.0683. The van der Waals surface area contributed by atoms with Crippen LogP contribution in [0.3, 0.4) is 0 Å². The Morgan fingerprint density at radius 3 is 2.32 bits per heavy atom. The third kappa shape index (κ3) is 5.69. The largest absolute Gasteiger partial charge is 0.352 e. The zero-order valence-corrected chi connectivity index (χ0v) is 12.0. The van der Waals surface area contributed by atoms with Crippen molar-refractivity contribution >= 4 is 11.7 Å². The molecule has 0 aliphatic heterocycles. The molecule has 0 saturated heterocycles. The molecule has 0 bridgehead atoms. The van der Waals surface area contributed by atoms with Crippen LogP contribution in [0.4, 0.5) is 0 Å². The van der Waals surface area contributed by atoms with E-state index in [4.69, 9.17) is 0 Å². The predicted octanol–water partition coefficient (Wildman–Crippen LogP) is 3.19. The average Bonchev–Trinajstić information content (AvgIpc) is 2.42. The van der Waals surface area contributed by atoms with E-state index in [0.29, 0.717) is 18.9 Å². The summed E-state index contributed by atoms with van der Waals surface area (Å²) in [5.41, 5.74) is 2.41. The van der Waals surface area contributed by atoms with E-state index in [2.05, 4.69) is 31.3 Å². The van der Waals surface area contributed by atoms with Gasteiger partial charge in [-0.15, -0.1) is 0 Å². The molecule has 104 valence electrons. The number of amides is 1. The third-order valence-electron chi connectivity index (χ3n) is 3.35. The summed E-state index contributed by atoms with van der Waals surface area (Å²) in [6, 6.07) is 8.33. The molecule has 0 aromatic heterocycles. The molecular weight excluding hydrogens is 238 g/mol. The fourth-order valence-corrected chi connectivity index (χ4v) is 1.78. The third-order valence-corrected chi connectivity index (χ3v) is 3.35. The van der Waals surface area contributed by atoms with Crippen LogP contribution < -0.4 is 5.32 Å². The Kier molecular flexibility index (Phi) is 6.26. The number of ketones is 1. The van der Waals surface area contributed by atoms with Crippen LogP contribution in [0.5, 0.6) is 0 Å². The van der Waals surface area contributed by atoms with Crippen LogP contribution >= 0.6 is 0 Å². The highest BCUT2D eigenvalue weighted by molar-refractivity contribution is 5.83. The van der Waals surface area contributed by atoms with Crippen LogP contribution in [0.1, 0.15) is 57.1 Å². The fourth-order valence-electron chi connectivity index (χ4n) is 1.78. The van der Waals surface area contributed by atoms with Crippen LogP contribution in [-0.4, -0.2) is 11.7 Å². The smallest absolute Gasteiger partial charge is 0.220 e. The molecule has 1 atom stereocenters. The van der Waals surface area contributed by atoms with Crippen LogP contribution in [0, 0.1) is 0 Å². The molecule has 0 fully saturated rings. The summed E-state index contributed by atoms with van der Waals surface area (Å²) in [5.74, 6) is 0.550. The Balaban J connectivity index is 2.41. The van der Waals surface area contributed by atoms with E-state index in [1.165, 1.54) is 12.5 Å². The molecule has 1 rings (SSSR count). The number of rotatable bonds is 7. The van der Waals surface area contributed by atoms with Gasteiger partial charge in [-0.05, 0) is 30.4 Å². The second-order valence-corrected chi connectivity index (χ2v) is 5.03. The van der Waals surface area contributed by atoms with Gasteiger partial charge in [-0.1, -0.05) is 38.1 Å². The standard InChI is InChI=1S/C16H23NO2/c1-4-12(2)15-8-6-14(7-9-15)11-17-16(19)10-5-13(3)18/h6-9,12H,4-5,10-11H2,1-3H3,(H,17,19). The molecule has 1 aromatic carbocycles. The molecule has 0 heterocycles. The van der Waals surface area contributed by atoms with E-state index in [9.17, 15) is 9.59 Å². The lowest BCUT2D eigenvalue weighted by molar-refractivity contribution is -0.124. The number of Topliss-reactive ketones (excluding diaryl/α,β-unsaturated/α-hetero) is 1. The van der Waals surface area contributed by atoms with E-state index in [1.54, 1.807) is 0 Å². The minimum Gasteiger partial charge on any atom is -0.352 e. The number of hydrogen-bond acceptors (Lipinski definition) is 2. The molecule has 0 aliphatic rings. The van der Waals surface area contributed by atoms with E-state index < -0.39 is 0 Å². The molecule has 3 heteroatoms. The second kappa shape index (κ2) is 7.72. The molecule has 1 unspecified atom stereocenters. The summed E-state index contributed by atoms with van der Waals surface area (Å²) in [7, 11) is 0. The van der Waals surface area contributed by atoms with E-state index in [1.807, 2.05) is 12.1 Å². The highest BCUT2D eigenvalue weighted by Crippen LogP contribution is 2.18. The topological polar surface area (TPSA) is 46.2 Å². The van der Waals surface area contributed by atoms with Gasteiger partial charge in [0.05, 0.1) is 0 Å². The monoisotopic (exact) mass is 261 g/mol. The lowest BCUT2D eigenvalue weighted by atomic mass is 9.98. The molecule has 1 amide bonds. The van der Waals surface area contributed by atoms with Crippen LogP contribution in [0.15, 0.2) is 24.3 Å². The Bertz CT molecular complexity index is 423. The van der Waals surface area contributed by atoms with Crippen molar-refractivity contribution in [2.45, 2.75) is 52.5 Å². The minimum absolute atomic E-state index is 0.0491. The quantitative estimate of drug-likeness (QED) is 0.819. The summed E-state index contributed by atoms with van der Waals surface area (Å²) in [4.78, 5) is 22.3. The summed E-state index contributed by atoms with van der Waals surface area (Å²) < 4.78 is 0. The first kappa shape index (κ1) is 15.4. The van der Waals surface area contributed by atoms with E-state index in [0.717, 1.165) is 12.0 Å². The Labute approximate surface area is 115 Å². The highest BCUT2D eigenvalue weighted by atomic mass is 16.2. The Hall–Kier alpha value is -1.64. The Morgan fingerprint density at radius 2 is 1.79 bits per heavy atom. The first-order valence-electron chi connectivity index (χ1n) is 6.88. The van der Waals surface area contributed by atoms with Crippen molar-refractivity contribution in [1.82, 2.24) is 5.32 Å². The number of hydrogen-bond donors (Lipinski definition) is 1. The number of carbonyl (C=O) groups is 2. The van der Waals surface area contributed by atoms with Crippen molar-refractivity contribution in [3.8, 4) is 0 Å². The van der Waals surface area contributed by atoms with Gasteiger partial charge in [-0.3, -0.25) is 4.79 Å². The fraction of sp³-hybridized carbons (Fsp3) is 0.500. The summed E-state index contributed by atoms with van der Waals surface area (Å²) in [6.45, 7) is 6.41. The van der Waals surface area contributed by atoms with Crippen LogP contribution in [0.25, 0.3) is 0 Å². The van der Waals surface area contributed by atoms with E-state index >= 15 is 0 Å². The second-order valence-electron chi connectivity index (χ2n) is 5.03. The van der Waals surface area contributed by atoms with Gasteiger partial charge in [0.2, 0.25) is 5.91 Å². The van der Waals surface area contributed by atoms with Crippen molar-refractivity contribution in [3.63, 3.8) is 0 Å². The Morgan fingerprint density at radius 1 is 1.16 bits per heavy atom. The van der Waals surface area contributed by atoms with Crippen molar-refractivity contribution in [2.75, 3.05) is 0 Å².